The van der Waals surface area contributed by atoms with Gasteiger partial charge in [-0.2, -0.15) is 0 Å². The van der Waals surface area contributed by atoms with Crippen LogP contribution in [-0.2, 0) is 4.79 Å². The van der Waals surface area contributed by atoms with Gasteiger partial charge >= 0.3 is 5.97 Å². The third kappa shape index (κ3) is 2.69. The number of aliphatic hydroxyl groups excluding tert-OH is 1. The van der Waals surface area contributed by atoms with Crippen molar-refractivity contribution in [2.24, 2.45) is 5.41 Å². The van der Waals surface area contributed by atoms with Gasteiger partial charge in [0.1, 0.15) is 0 Å². The summed E-state index contributed by atoms with van der Waals surface area (Å²) in [4.78, 5) is 13.1. The second kappa shape index (κ2) is 4.28. The van der Waals surface area contributed by atoms with Crippen LogP contribution in [0.4, 0.5) is 0 Å². The molecule has 4 heteroatoms. The highest BCUT2D eigenvalue weighted by Gasteiger charge is 2.36. The number of likely N-dealkylation sites (tertiary alicyclic amines) is 1. The van der Waals surface area contributed by atoms with Gasteiger partial charge in [-0.1, -0.05) is 0 Å². The number of aliphatic carboxylic acids is 1. The topological polar surface area (TPSA) is 60.8 Å². The average Bonchev–Trinajstić information content (AvgIpc) is 2.08. The molecule has 1 rings (SSSR count). The van der Waals surface area contributed by atoms with E-state index in [-0.39, 0.29) is 6.10 Å². The minimum atomic E-state index is -0.700. The van der Waals surface area contributed by atoms with E-state index in [0.29, 0.717) is 19.4 Å². The van der Waals surface area contributed by atoms with Crippen LogP contribution in [0, 0.1) is 5.41 Å². The molecule has 0 bridgehead atoms. The van der Waals surface area contributed by atoms with E-state index in [0.717, 1.165) is 13.1 Å². The molecule has 4 nitrogen and oxygen atoms in total. The number of β-amino-alcohol motifs (C(OH)–C–C–N with tert-alkyl or cyclic N) is 1. The molecule has 0 radical (unpaired) electrons. The fraction of sp³-hybridized carbons (Fsp3) is 0.900. The van der Waals surface area contributed by atoms with E-state index in [1.54, 1.807) is 13.8 Å². The van der Waals surface area contributed by atoms with Crippen molar-refractivity contribution >= 4 is 5.97 Å². The van der Waals surface area contributed by atoms with E-state index in [1.807, 2.05) is 0 Å². The molecule has 0 amide bonds. The summed E-state index contributed by atoms with van der Waals surface area (Å²) in [5.74, 6) is -0.700. The number of carboxylic acids is 1. The molecule has 1 saturated heterocycles. The molecule has 1 heterocycles. The minimum Gasteiger partial charge on any atom is -0.481 e. The molecule has 2 N–H and O–H groups in total. The van der Waals surface area contributed by atoms with Crippen LogP contribution in [0.5, 0.6) is 0 Å². The molecule has 14 heavy (non-hydrogen) atoms. The molecular weight excluding hydrogens is 182 g/mol. The summed E-state index contributed by atoms with van der Waals surface area (Å²) in [7, 11) is 0. The maximum Gasteiger partial charge on any atom is 0.309 e. The predicted octanol–water partition coefficient (Wildman–Crippen LogP) is 0.554. The summed E-state index contributed by atoms with van der Waals surface area (Å²) in [5, 5.41) is 18.2. The Balaban J connectivity index is 2.42. The number of rotatable bonds is 3. The van der Waals surface area contributed by atoms with E-state index < -0.39 is 11.4 Å². The van der Waals surface area contributed by atoms with Crippen molar-refractivity contribution in [2.45, 2.75) is 32.8 Å². The molecule has 1 aliphatic heterocycles. The lowest BCUT2D eigenvalue weighted by Crippen LogP contribution is -2.44. The SMILES string of the molecule is CC(O)CN1CCC(C)(C(=O)O)CC1. The second-order valence-corrected chi connectivity index (χ2v) is 4.52. The summed E-state index contributed by atoms with van der Waals surface area (Å²) in [6.07, 6.45) is 1.02. The maximum absolute atomic E-state index is 10.9. The monoisotopic (exact) mass is 201 g/mol. The molecule has 0 aliphatic carbocycles. The van der Waals surface area contributed by atoms with Crippen LogP contribution in [0.15, 0.2) is 0 Å². The normalized spacial score (nSPS) is 24.5. The molecule has 0 spiro atoms. The van der Waals surface area contributed by atoms with E-state index in [4.69, 9.17) is 5.11 Å². The van der Waals surface area contributed by atoms with E-state index in [1.165, 1.54) is 0 Å². The van der Waals surface area contributed by atoms with Crippen molar-refractivity contribution in [3.63, 3.8) is 0 Å². The third-order valence-corrected chi connectivity index (χ3v) is 3.00. The van der Waals surface area contributed by atoms with E-state index in [2.05, 4.69) is 4.90 Å². The summed E-state index contributed by atoms with van der Waals surface area (Å²) in [5.41, 5.74) is -0.560. The summed E-state index contributed by atoms with van der Waals surface area (Å²) < 4.78 is 0. The van der Waals surface area contributed by atoms with Gasteiger partial charge in [-0.15, -0.1) is 0 Å². The number of hydrogen-bond acceptors (Lipinski definition) is 3. The molecule has 0 aromatic heterocycles. The number of nitrogens with zero attached hydrogens (tertiary/aromatic N) is 1. The first-order valence-electron chi connectivity index (χ1n) is 5.08. The molecule has 1 atom stereocenters. The molecule has 0 saturated carbocycles. The van der Waals surface area contributed by atoms with Crippen molar-refractivity contribution < 1.29 is 15.0 Å². The molecular formula is C10H19NO3. The Kier molecular flexibility index (Phi) is 3.50. The van der Waals surface area contributed by atoms with Gasteiger partial charge in [0.2, 0.25) is 0 Å². The first kappa shape index (κ1) is 11.5. The largest absolute Gasteiger partial charge is 0.481 e. The number of piperidine rings is 1. The fourth-order valence-corrected chi connectivity index (χ4v) is 1.82. The summed E-state index contributed by atoms with van der Waals surface area (Å²) in [6.45, 7) is 5.75. The predicted molar refractivity (Wildman–Crippen MR) is 53.1 cm³/mol. The quantitative estimate of drug-likeness (QED) is 0.700. The Morgan fingerprint density at radius 3 is 2.36 bits per heavy atom. The number of hydrogen-bond donors (Lipinski definition) is 2. The molecule has 1 fully saturated rings. The van der Waals surface area contributed by atoms with Crippen LogP contribution < -0.4 is 0 Å². The number of aliphatic hydroxyl groups is 1. The van der Waals surface area contributed by atoms with Gasteiger partial charge in [0.15, 0.2) is 0 Å². The van der Waals surface area contributed by atoms with Gasteiger partial charge in [-0.25, -0.2) is 0 Å². The van der Waals surface area contributed by atoms with Gasteiger partial charge in [0, 0.05) is 6.54 Å². The minimum absolute atomic E-state index is 0.329. The van der Waals surface area contributed by atoms with Crippen molar-refractivity contribution in [1.82, 2.24) is 4.90 Å². The summed E-state index contributed by atoms with van der Waals surface area (Å²) in [6, 6.07) is 0. The lowest BCUT2D eigenvalue weighted by atomic mass is 9.80. The van der Waals surface area contributed by atoms with Gasteiger partial charge in [0.05, 0.1) is 11.5 Å². The lowest BCUT2D eigenvalue weighted by molar-refractivity contribution is -0.150. The zero-order valence-corrected chi connectivity index (χ0v) is 8.86. The zero-order chi connectivity index (χ0) is 10.8. The van der Waals surface area contributed by atoms with Crippen LogP contribution in [0.1, 0.15) is 26.7 Å². The third-order valence-electron chi connectivity index (χ3n) is 3.00. The molecule has 1 unspecified atom stereocenters. The number of carboxylic acid groups (broad SMARTS) is 1. The lowest BCUT2D eigenvalue weighted by Gasteiger charge is -2.36. The van der Waals surface area contributed by atoms with Gasteiger partial charge < -0.3 is 15.1 Å². The fourth-order valence-electron chi connectivity index (χ4n) is 1.82. The maximum atomic E-state index is 10.9. The van der Waals surface area contributed by atoms with Gasteiger partial charge in [-0.3, -0.25) is 4.79 Å². The summed E-state index contributed by atoms with van der Waals surface area (Å²) >= 11 is 0. The highest BCUT2D eigenvalue weighted by Crippen LogP contribution is 2.30. The standard InChI is InChI=1S/C10H19NO3/c1-8(12)7-11-5-3-10(2,4-6-11)9(13)14/h8,12H,3-7H2,1-2H3,(H,13,14). The van der Waals surface area contributed by atoms with Crippen molar-refractivity contribution in [1.29, 1.82) is 0 Å². The van der Waals surface area contributed by atoms with Crippen LogP contribution in [0.25, 0.3) is 0 Å². The Labute approximate surface area is 84.5 Å². The smallest absolute Gasteiger partial charge is 0.309 e. The number of carbonyl (C=O) groups is 1. The van der Waals surface area contributed by atoms with Crippen molar-refractivity contribution in [2.75, 3.05) is 19.6 Å². The van der Waals surface area contributed by atoms with Crippen molar-refractivity contribution in [3.8, 4) is 0 Å². The first-order chi connectivity index (χ1) is 6.44. The average molecular weight is 201 g/mol. The Morgan fingerprint density at radius 2 is 2.00 bits per heavy atom. The molecule has 0 aromatic carbocycles. The highest BCUT2D eigenvalue weighted by molar-refractivity contribution is 5.74. The molecule has 1 aliphatic rings. The zero-order valence-electron chi connectivity index (χ0n) is 8.86. The second-order valence-electron chi connectivity index (χ2n) is 4.52. The Morgan fingerprint density at radius 1 is 1.50 bits per heavy atom. The van der Waals surface area contributed by atoms with E-state index >= 15 is 0 Å². The van der Waals surface area contributed by atoms with E-state index in [9.17, 15) is 9.90 Å². The Hall–Kier alpha value is -0.610. The van der Waals surface area contributed by atoms with Gasteiger partial charge in [-0.05, 0) is 39.8 Å². The first-order valence-corrected chi connectivity index (χ1v) is 5.08. The molecule has 0 aromatic rings. The molecule has 82 valence electrons. The highest BCUT2D eigenvalue weighted by atomic mass is 16.4. The van der Waals surface area contributed by atoms with Crippen LogP contribution >= 0.6 is 0 Å². The van der Waals surface area contributed by atoms with Crippen molar-refractivity contribution in [3.05, 3.63) is 0 Å². The Bertz CT molecular complexity index is 207. The van der Waals surface area contributed by atoms with Crippen LogP contribution in [0.2, 0.25) is 0 Å². The van der Waals surface area contributed by atoms with Gasteiger partial charge in [0.25, 0.3) is 0 Å². The van der Waals surface area contributed by atoms with Crippen LogP contribution in [-0.4, -0.2) is 46.8 Å². The van der Waals surface area contributed by atoms with Crippen LogP contribution in [0.3, 0.4) is 0 Å².